The lowest BCUT2D eigenvalue weighted by Crippen LogP contribution is -2.39. The van der Waals surface area contributed by atoms with E-state index >= 15 is 0 Å². The van der Waals surface area contributed by atoms with Crippen LogP contribution in [0.25, 0.3) is 0 Å². The second kappa shape index (κ2) is 3.54. The van der Waals surface area contributed by atoms with E-state index in [9.17, 15) is 0 Å². The van der Waals surface area contributed by atoms with Crippen LogP contribution in [-0.2, 0) is 13.0 Å². The summed E-state index contributed by atoms with van der Waals surface area (Å²) in [7, 11) is 0. The van der Waals surface area contributed by atoms with Crippen molar-refractivity contribution in [3.63, 3.8) is 0 Å². The van der Waals surface area contributed by atoms with Crippen molar-refractivity contribution in [2.45, 2.75) is 39.3 Å². The highest BCUT2D eigenvalue weighted by molar-refractivity contribution is 5.24. The molecule has 1 aliphatic heterocycles. The third kappa shape index (κ3) is 1.51. The van der Waals surface area contributed by atoms with Crippen LogP contribution in [0, 0.1) is 0 Å². The minimum atomic E-state index is 0.746. The topological polar surface area (TPSA) is 19.0 Å². The number of aromatic amines is 1. The summed E-state index contributed by atoms with van der Waals surface area (Å²) in [6.07, 6.45) is 4.52. The molecular weight excluding hydrogens is 160 g/mol. The molecule has 72 valence electrons. The number of H-pyrrole nitrogens is 1. The van der Waals surface area contributed by atoms with Gasteiger partial charge in [0, 0.05) is 30.9 Å². The fourth-order valence-corrected chi connectivity index (χ4v) is 2.26. The van der Waals surface area contributed by atoms with E-state index < -0.39 is 0 Å². The molecule has 13 heavy (non-hydrogen) atoms. The molecule has 0 radical (unpaired) electrons. The van der Waals surface area contributed by atoms with E-state index in [0.717, 1.165) is 12.6 Å². The molecular formula is C11H18N2. The van der Waals surface area contributed by atoms with E-state index in [1.54, 1.807) is 0 Å². The van der Waals surface area contributed by atoms with Crippen molar-refractivity contribution in [3.8, 4) is 0 Å². The van der Waals surface area contributed by atoms with Crippen molar-refractivity contribution >= 4 is 0 Å². The van der Waals surface area contributed by atoms with Crippen LogP contribution in [0.1, 0.15) is 31.5 Å². The molecule has 2 rings (SSSR count). The summed E-state index contributed by atoms with van der Waals surface area (Å²) in [5, 5.41) is 0. The summed E-state index contributed by atoms with van der Waals surface area (Å²) < 4.78 is 0. The molecule has 0 fully saturated rings. The second-order valence-corrected chi connectivity index (χ2v) is 3.81. The fourth-order valence-electron chi connectivity index (χ4n) is 2.26. The highest BCUT2D eigenvalue weighted by Crippen LogP contribution is 2.23. The Hall–Kier alpha value is -0.760. The Balaban J connectivity index is 2.20. The number of hydrogen-bond acceptors (Lipinski definition) is 1. The maximum Gasteiger partial charge on any atom is 0.0254 e. The fraction of sp³-hybridized carbons (Fsp3) is 0.636. The molecule has 0 saturated heterocycles. The highest BCUT2D eigenvalue weighted by Gasteiger charge is 2.23. The number of nitrogens with one attached hydrogen (secondary N) is 1. The third-order valence-corrected chi connectivity index (χ3v) is 3.14. The average molecular weight is 178 g/mol. The van der Waals surface area contributed by atoms with E-state index in [-0.39, 0.29) is 0 Å². The Morgan fingerprint density at radius 2 is 2.38 bits per heavy atom. The van der Waals surface area contributed by atoms with Crippen molar-refractivity contribution in [3.05, 3.63) is 23.5 Å². The molecule has 0 saturated carbocycles. The van der Waals surface area contributed by atoms with Crippen LogP contribution in [0.15, 0.2) is 12.3 Å². The van der Waals surface area contributed by atoms with Gasteiger partial charge >= 0.3 is 0 Å². The van der Waals surface area contributed by atoms with Gasteiger partial charge in [0.1, 0.15) is 0 Å². The van der Waals surface area contributed by atoms with Crippen molar-refractivity contribution in [1.82, 2.24) is 9.88 Å². The molecule has 1 aromatic rings. The lowest BCUT2D eigenvalue weighted by Gasteiger charge is -2.34. The zero-order valence-corrected chi connectivity index (χ0v) is 8.51. The van der Waals surface area contributed by atoms with Crippen LogP contribution in [0.3, 0.4) is 0 Å². The number of hydrogen-bond donors (Lipinski definition) is 1. The Morgan fingerprint density at radius 1 is 1.54 bits per heavy atom. The standard InChI is InChI=1S/C11H18N2/c1-3-10-7-11-9(5-6-12-11)8-13(10)4-2/h5-6,10,12H,3-4,7-8H2,1-2H3/t10-/m0/s1. The van der Waals surface area contributed by atoms with Gasteiger partial charge < -0.3 is 4.98 Å². The normalized spacial score (nSPS) is 23.1. The second-order valence-electron chi connectivity index (χ2n) is 3.81. The lowest BCUT2D eigenvalue weighted by atomic mass is 9.99. The summed E-state index contributed by atoms with van der Waals surface area (Å²) in [5.41, 5.74) is 2.95. The van der Waals surface area contributed by atoms with Gasteiger partial charge in [-0.15, -0.1) is 0 Å². The first-order chi connectivity index (χ1) is 6.35. The summed E-state index contributed by atoms with van der Waals surface area (Å²) in [6.45, 7) is 6.83. The number of fused-ring (bicyclic) bond motifs is 1. The number of likely N-dealkylation sites (N-methyl/N-ethyl adjacent to an activating group) is 1. The lowest BCUT2D eigenvalue weighted by molar-refractivity contribution is 0.175. The largest absolute Gasteiger partial charge is 0.365 e. The number of aromatic nitrogens is 1. The molecule has 1 atom stereocenters. The molecule has 2 heteroatoms. The average Bonchev–Trinajstić information content (AvgIpc) is 2.62. The third-order valence-electron chi connectivity index (χ3n) is 3.14. The quantitative estimate of drug-likeness (QED) is 0.735. The molecule has 2 nitrogen and oxygen atoms in total. The zero-order chi connectivity index (χ0) is 9.26. The molecule has 2 heterocycles. The van der Waals surface area contributed by atoms with Crippen LogP contribution in [-0.4, -0.2) is 22.5 Å². The van der Waals surface area contributed by atoms with E-state index in [2.05, 4.69) is 36.0 Å². The molecule has 1 aromatic heterocycles. The van der Waals surface area contributed by atoms with Gasteiger partial charge in [-0.2, -0.15) is 0 Å². The van der Waals surface area contributed by atoms with E-state index in [1.165, 1.54) is 30.6 Å². The Labute approximate surface area is 79.9 Å². The van der Waals surface area contributed by atoms with Crippen LogP contribution >= 0.6 is 0 Å². The maximum atomic E-state index is 3.34. The van der Waals surface area contributed by atoms with Gasteiger partial charge in [-0.25, -0.2) is 0 Å². The van der Waals surface area contributed by atoms with Crippen LogP contribution in [0.5, 0.6) is 0 Å². The predicted octanol–water partition coefficient (Wildman–Crippen LogP) is 2.17. The molecule has 1 N–H and O–H groups in total. The van der Waals surface area contributed by atoms with Gasteiger partial charge in [0.2, 0.25) is 0 Å². The van der Waals surface area contributed by atoms with Gasteiger partial charge in [-0.1, -0.05) is 13.8 Å². The van der Waals surface area contributed by atoms with Crippen LogP contribution in [0.2, 0.25) is 0 Å². The van der Waals surface area contributed by atoms with Gasteiger partial charge in [0.25, 0.3) is 0 Å². The molecule has 0 unspecified atom stereocenters. The summed E-state index contributed by atoms with van der Waals surface area (Å²) in [6, 6.07) is 2.96. The smallest absolute Gasteiger partial charge is 0.0254 e. The summed E-state index contributed by atoms with van der Waals surface area (Å²) in [5.74, 6) is 0. The van der Waals surface area contributed by atoms with Crippen molar-refractivity contribution in [2.75, 3.05) is 6.54 Å². The van der Waals surface area contributed by atoms with Gasteiger partial charge in [0.05, 0.1) is 0 Å². The molecule has 1 aliphatic rings. The summed E-state index contributed by atoms with van der Waals surface area (Å²) in [4.78, 5) is 5.91. The Morgan fingerprint density at radius 3 is 3.08 bits per heavy atom. The Bertz CT molecular complexity index is 251. The first-order valence-corrected chi connectivity index (χ1v) is 5.24. The molecule has 0 amide bonds. The minimum absolute atomic E-state index is 0.746. The molecule has 0 aromatic carbocycles. The summed E-state index contributed by atoms with van der Waals surface area (Å²) >= 11 is 0. The SMILES string of the molecule is CC[C@H]1Cc2[nH]ccc2CN1CC. The predicted molar refractivity (Wildman–Crippen MR) is 54.7 cm³/mol. The monoisotopic (exact) mass is 178 g/mol. The number of rotatable bonds is 2. The zero-order valence-electron chi connectivity index (χ0n) is 8.51. The first kappa shape index (κ1) is 8.82. The first-order valence-electron chi connectivity index (χ1n) is 5.24. The van der Waals surface area contributed by atoms with Crippen LogP contribution in [0.4, 0.5) is 0 Å². The van der Waals surface area contributed by atoms with Crippen molar-refractivity contribution in [2.24, 2.45) is 0 Å². The van der Waals surface area contributed by atoms with Crippen molar-refractivity contribution < 1.29 is 0 Å². The van der Waals surface area contributed by atoms with Crippen molar-refractivity contribution in [1.29, 1.82) is 0 Å². The molecule has 0 bridgehead atoms. The maximum absolute atomic E-state index is 3.34. The number of nitrogens with zero attached hydrogens (tertiary/aromatic N) is 1. The van der Waals surface area contributed by atoms with Crippen LogP contribution < -0.4 is 0 Å². The van der Waals surface area contributed by atoms with E-state index in [0.29, 0.717) is 0 Å². The van der Waals surface area contributed by atoms with Gasteiger partial charge in [0.15, 0.2) is 0 Å². The minimum Gasteiger partial charge on any atom is -0.365 e. The van der Waals surface area contributed by atoms with E-state index in [4.69, 9.17) is 0 Å². The molecule has 0 aliphatic carbocycles. The highest BCUT2D eigenvalue weighted by atomic mass is 15.2. The van der Waals surface area contributed by atoms with Gasteiger partial charge in [-0.05, 0) is 24.6 Å². The Kier molecular flexibility index (Phi) is 2.40. The molecule has 0 spiro atoms. The van der Waals surface area contributed by atoms with E-state index in [1.807, 2.05) is 0 Å². The van der Waals surface area contributed by atoms with Gasteiger partial charge in [-0.3, -0.25) is 4.90 Å².